The second kappa shape index (κ2) is 10.2. The molecule has 1 N–H and O–H groups in total. The molecule has 0 aromatic heterocycles. The second-order valence-electron chi connectivity index (χ2n) is 7.66. The molecule has 3 atom stereocenters. The summed E-state index contributed by atoms with van der Waals surface area (Å²) in [5.41, 5.74) is 0.945. The number of hydrogen-bond donors (Lipinski definition) is 1. The number of piperidine rings is 1. The molecule has 0 aliphatic carbocycles. The monoisotopic (exact) mass is 430 g/mol. The molecule has 7 heteroatoms. The van der Waals surface area contributed by atoms with E-state index in [0.717, 1.165) is 5.56 Å². The normalized spacial score (nSPS) is 21.1. The molecule has 1 aliphatic rings. The fourth-order valence-corrected chi connectivity index (χ4v) is 5.56. The van der Waals surface area contributed by atoms with Crippen molar-refractivity contribution in [2.75, 3.05) is 19.8 Å². The molecule has 0 bridgehead atoms. The molecule has 3 unspecified atom stereocenters. The summed E-state index contributed by atoms with van der Waals surface area (Å²) in [7, 11) is -3.74. The van der Waals surface area contributed by atoms with Crippen molar-refractivity contribution in [2.45, 2.75) is 43.7 Å². The van der Waals surface area contributed by atoms with Gasteiger partial charge in [-0.1, -0.05) is 48.5 Å². The van der Waals surface area contributed by atoms with Gasteiger partial charge in [0.2, 0.25) is 15.9 Å². The zero-order valence-electron chi connectivity index (χ0n) is 17.5. The molecular weight excluding hydrogens is 400 g/mol. The van der Waals surface area contributed by atoms with Crippen molar-refractivity contribution in [3.05, 3.63) is 66.2 Å². The SMILES string of the molecule is CCOCC(C)NC(=O)C1CCC(c2ccccc2)N(S(=O)(=O)c2ccccc2)C1. The number of carbonyl (C=O) groups is 1. The summed E-state index contributed by atoms with van der Waals surface area (Å²) in [4.78, 5) is 13.1. The quantitative estimate of drug-likeness (QED) is 0.697. The van der Waals surface area contributed by atoms with Crippen LogP contribution in [0.2, 0.25) is 0 Å². The Hall–Kier alpha value is -2.22. The topological polar surface area (TPSA) is 75.7 Å². The summed E-state index contributed by atoms with van der Waals surface area (Å²) in [6.07, 6.45) is 1.22. The third-order valence-corrected chi connectivity index (χ3v) is 7.29. The Morgan fingerprint density at radius 2 is 1.73 bits per heavy atom. The van der Waals surface area contributed by atoms with E-state index in [9.17, 15) is 13.2 Å². The maximum Gasteiger partial charge on any atom is 0.243 e. The van der Waals surface area contributed by atoms with Gasteiger partial charge in [0.15, 0.2) is 0 Å². The molecule has 6 nitrogen and oxygen atoms in total. The van der Waals surface area contributed by atoms with Crippen LogP contribution in [0.5, 0.6) is 0 Å². The maximum atomic E-state index is 13.5. The van der Waals surface area contributed by atoms with E-state index in [-0.39, 0.29) is 29.4 Å². The molecule has 2 aromatic rings. The van der Waals surface area contributed by atoms with E-state index >= 15 is 0 Å². The first-order chi connectivity index (χ1) is 14.4. The molecule has 1 amide bonds. The molecule has 0 saturated carbocycles. The Morgan fingerprint density at radius 3 is 2.37 bits per heavy atom. The van der Waals surface area contributed by atoms with Crippen molar-refractivity contribution in [1.82, 2.24) is 9.62 Å². The van der Waals surface area contributed by atoms with Crippen LogP contribution in [0.1, 0.15) is 38.3 Å². The highest BCUT2D eigenvalue weighted by atomic mass is 32.2. The van der Waals surface area contributed by atoms with Crippen molar-refractivity contribution in [3.63, 3.8) is 0 Å². The predicted molar refractivity (Wildman–Crippen MR) is 116 cm³/mol. The number of carbonyl (C=O) groups excluding carboxylic acids is 1. The van der Waals surface area contributed by atoms with Crippen LogP contribution in [0.15, 0.2) is 65.6 Å². The Morgan fingerprint density at radius 1 is 1.10 bits per heavy atom. The fraction of sp³-hybridized carbons (Fsp3) is 0.435. The van der Waals surface area contributed by atoms with Gasteiger partial charge in [-0.3, -0.25) is 4.79 Å². The third-order valence-electron chi connectivity index (χ3n) is 5.40. The summed E-state index contributed by atoms with van der Waals surface area (Å²) >= 11 is 0. The molecule has 30 heavy (non-hydrogen) atoms. The van der Waals surface area contributed by atoms with Crippen molar-refractivity contribution in [3.8, 4) is 0 Å². The Labute approximate surface area is 179 Å². The standard InChI is InChI=1S/C23H30N2O4S/c1-3-29-17-18(2)24-23(26)20-14-15-22(19-10-6-4-7-11-19)25(16-20)30(27,28)21-12-8-5-9-13-21/h4-13,18,20,22H,3,14-17H2,1-2H3,(H,24,26). The Bertz CT molecular complexity index is 919. The van der Waals surface area contributed by atoms with Gasteiger partial charge in [-0.15, -0.1) is 0 Å². The van der Waals surface area contributed by atoms with Crippen LogP contribution in [0.25, 0.3) is 0 Å². The molecular formula is C23H30N2O4S. The van der Waals surface area contributed by atoms with E-state index in [1.54, 1.807) is 30.3 Å². The molecule has 0 radical (unpaired) electrons. The van der Waals surface area contributed by atoms with E-state index in [4.69, 9.17) is 4.74 Å². The lowest BCUT2D eigenvalue weighted by Gasteiger charge is -2.38. The van der Waals surface area contributed by atoms with E-state index in [1.165, 1.54) is 4.31 Å². The van der Waals surface area contributed by atoms with Gasteiger partial charge in [0.1, 0.15) is 0 Å². The minimum atomic E-state index is -3.74. The fourth-order valence-electron chi connectivity index (χ4n) is 3.85. The van der Waals surface area contributed by atoms with Crippen LogP contribution in [0.4, 0.5) is 0 Å². The summed E-state index contributed by atoms with van der Waals surface area (Å²) in [5, 5.41) is 2.97. The van der Waals surface area contributed by atoms with E-state index in [0.29, 0.717) is 26.1 Å². The van der Waals surface area contributed by atoms with Gasteiger partial charge in [-0.25, -0.2) is 8.42 Å². The molecule has 3 rings (SSSR count). The number of nitrogens with one attached hydrogen (secondary N) is 1. The van der Waals surface area contributed by atoms with Crippen LogP contribution in [-0.4, -0.2) is 44.4 Å². The number of amides is 1. The number of nitrogens with zero attached hydrogens (tertiary/aromatic N) is 1. The lowest BCUT2D eigenvalue weighted by molar-refractivity contribution is -0.127. The van der Waals surface area contributed by atoms with Gasteiger partial charge in [-0.05, 0) is 44.4 Å². The molecule has 1 fully saturated rings. The molecule has 2 aromatic carbocycles. The highest BCUT2D eigenvalue weighted by Crippen LogP contribution is 2.37. The number of benzene rings is 2. The second-order valence-corrected chi connectivity index (χ2v) is 9.55. The smallest absolute Gasteiger partial charge is 0.243 e. The highest BCUT2D eigenvalue weighted by molar-refractivity contribution is 7.89. The van der Waals surface area contributed by atoms with Crippen LogP contribution < -0.4 is 5.32 Å². The summed E-state index contributed by atoms with van der Waals surface area (Å²) in [6.45, 7) is 4.98. The Balaban J connectivity index is 1.84. The number of rotatable bonds is 8. The summed E-state index contributed by atoms with van der Waals surface area (Å²) in [6, 6.07) is 17.7. The van der Waals surface area contributed by atoms with Crippen molar-refractivity contribution < 1.29 is 17.9 Å². The Kier molecular flexibility index (Phi) is 7.64. The first kappa shape index (κ1) is 22.5. The summed E-state index contributed by atoms with van der Waals surface area (Å²) in [5.74, 6) is -0.519. The summed E-state index contributed by atoms with van der Waals surface area (Å²) < 4.78 is 33.8. The first-order valence-electron chi connectivity index (χ1n) is 10.4. The maximum absolute atomic E-state index is 13.5. The average molecular weight is 431 g/mol. The highest BCUT2D eigenvalue weighted by Gasteiger charge is 2.40. The van der Waals surface area contributed by atoms with Gasteiger partial charge in [0.25, 0.3) is 0 Å². The number of hydrogen-bond acceptors (Lipinski definition) is 4. The zero-order valence-corrected chi connectivity index (χ0v) is 18.3. The van der Waals surface area contributed by atoms with Crippen molar-refractivity contribution in [1.29, 1.82) is 0 Å². The van der Waals surface area contributed by atoms with Crippen LogP contribution in [-0.2, 0) is 19.6 Å². The zero-order chi connectivity index (χ0) is 21.6. The van der Waals surface area contributed by atoms with Gasteiger partial charge in [-0.2, -0.15) is 4.31 Å². The lowest BCUT2D eigenvalue weighted by Crippen LogP contribution is -2.48. The van der Waals surface area contributed by atoms with Gasteiger partial charge in [0, 0.05) is 19.2 Å². The molecule has 1 aliphatic heterocycles. The molecule has 1 saturated heterocycles. The minimum Gasteiger partial charge on any atom is -0.380 e. The molecule has 1 heterocycles. The van der Waals surface area contributed by atoms with Gasteiger partial charge >= 0.3 is 0 Å². The van der Waals surface area contributed by atoms with Crippen molar-refractivity contribution >= 4 is 15.9 Å². The van der Waals surface area contributed by atoms with Crippen LogP contribution in [0.3, 0.4) is 0 Å². The van der Waals surface area contributed by atoms with Gasteiger partial charge < -0.3 is 10.1 Å². The largest absolute Gasteiger partial charge is 0.380 e. The number of sulfonamides is 1. The third kappa shape index (κ3) is 5.28. The number of ether oxygens (including phenoxy) is 1. The predicted octanol–water partition coefficient (Wildman–Crippen LogP) is 3.37. The van der Waals surface area contributed by atoms with Crippen LogP contribution >= 0.6 is 0 Å². The average Bonchev–Trinajstić information content (AvgIpc) is 2.78. The first-order valence-corrected chi connectivity index (χ1v) is 11.9. The minimum absolute atomic E-state index is 0.122. The van der Waals surface area contributed by atoms with Gasteiger partial charge in [0.05, 0.1) is 23.5 Å². The molecule has 162 valence electrons. The lowest BCUT2D eigenvalue weighted by atomic mass is 9.90. The van der Waals surface area contributed by atoms with Crippen molar-refractivity contribution in [2.24, 2.45) is 5.92 Å². The van der Waals surface area contributed by atoms with E-state index < -0.39 is 15.9 Å². The molecule has 0 spiro atoms. The van der Waals surface area contributed by atoms with E-state index in [1.807, 2.05) is 44.2 Å². The van der Waals surface area contributed by atoms with E-state index in [2.05, 4.69) is 5.32 Å². The van der Waals surface area contributed by atoms with Crippen LogP contribution in [0, 0.1) is 5.92 Å².